The third-order valence-corrected chi connectivity index (χ3v) is 6.33. The molecule has 3 heterocycles. The van der Waals surface area contributed by atoms with Gasteiger partial charge in [-0.2, -0.15) is 0 Å². The molecule has 0 aromatic carbocycles. The van der Waals surface area contributed by atoms with Crippen LogP contribution >= 0.6 is 0 Å². The van der Waals surface area contributed by atoms with Gasteiger partial charge in [0.15, 0.2) is 0 Å². The van der Waals surface area contributed by atoms with E-state index in [9.17, 15) is 9.59 Å². The number of likely N-dealkylation sites (tertiary alicyclic amines) is 3. The molecule has 0 bridgehead atoms. The fourth-order valence-electron chi connectivity index (χ4n) is 4.98. The van der Waals surface area contributed by atoms with Crippen LogP contribution in [-0.4, -0.2) is 71.3 Å². The van der Waals surface area contributed by atoms with Gasteiger partial charge in [-0.15, -0.1) is 0 Å². The first kappa shape index (κ1) is 17.7. The molecule has 0 saturated carbocycles. The van der Waals surface area contributed by atoms with Gasteiger partial charge in [-0.05, 0) is 51.0 Å². The lowest BCUT2D eigenvalue weighted by Crippen LogP contribution is -2.50. The summed E-state index contributed by atoms with van der Waals surface area (Å²) < 4.78 is 0. The van der Waals surface area contributed by atoms with Crippen molar-refractivity contribution in [2.24, 2.45) is 5.92 Å². The SMILES string of the molecule is CCC(=O)N1CCCC1C1CCCN1CC1CCN(C(C)=O)CC1. The summed E-state index contributed by atoms with van der Waals surface area (Å²) in [6.45, 7) is 8.79. The van der Waals surface area contributed by atoms with E-state index < -0.39 is 0 Å². The van der Waals surface area contributed by atoms with Gasteiger partial charge in [0, 0.05) is 51.6 Å². The van der Waals surface area contributed by atoms with Gasteiger partial charge in [-0.1, -0.05) is 6.92 Å². The van der Waals surface area contributed by atoms with Crippen LogP contribution in [0.3, 0.4) is 0 Å². The van der Waals surface area contributed by atoms with Crippen LogP contribution in [-0.2, 0) is 9.59 Å². The Kier molecular flexibility index (Phi) is 5.80. The van der Waals surface area contributed by atoms with Gasteiger partial charge < -0.3 is 9.80 Å². The Morgan fingerprint density at radius 1 is 0.917 bits per heavy atom. The van der Waals surface area contributed by atoms with E-state index in [0.717, 1.165) is 45.4 Å². The molecule has 3 rings (SSSR count). The van der Waals surface area contributed by atoms with Crippen LogP contribution in [0, 0.1) is 5.92 Å². The highest BCUT2D eigenvalue weighted by atomic mass is 16.2. The standard InChI is InChI=1S/C19H33N3O2/c1-3-19(24)22-11-5-7-18(22)17-6-4-10-21(17)14-16-8-12-20(13-9-16)15(2)23/h16-18H,3-14H2,1-2H3. The molecule has 0 spiro atoms. The fraction of sp³-hybridized carbons (Fsp3) is 0.895. The third kappa shape index (κ3) is 3.76. The number of nitrogens with zero attached hydrogens (tertiary/aromatic N) is 3. The molecule has 0 aliphatic carbocycles. The molecule has 2 amide bonds. The van der Waals surface area contributed by atoms with Gasteiger partial charge in [0.25, 0.3) is 0 Å². The molecule has 0 radical (unpaired) electrons. The minimum Gasteiger partial charge on any atom is -0.343 e. The fourth-order valence-corrected chi connectivity index (χ4v) is 4.98. The van der Waals surface area contributed by atoms with Gasteiger partial charge in [0.1, 0.15) is 0 Å². The number of hydrogen-bond acceptors (Lipinski definition) is 3. The van der Waals surface area contributed by atoms with E-state index in [0.29, 0.717) is 30.3 Å². The monoisotopic (exact) mass is 335 g/mol. The first-order valence-corrected chi connectivity index (χ1v) is 9.89. The smallest absolute Gasteiger partial charge is 0.222 e. The van der Waals surface area contributed by atoms with Crippen LogP contribution in [0.15, 0.2) is 0 Å². The zero-order valence-electron chi connectivity index (χ0n) is 15.4. The quantitative estimate of drug-likeness (QED) is 0.790. The van der Waals surface area contributed by atoms with Gasteiger partial charge in [0.2, 0.25) is 11.8 Å². The van der Waals surface area contributed by atoms with Crippen molar-refractivity contribution in [2.75, 3.05) is 32.7 Å². The number of amides is 2. The Morgan fingerprint density at radius 2 is 1.58 bits per heavy atom. The van der Waals surface area contributed by atoms with Crippen molar-refractivity contribution in [2.45, 2.75) is 70.9 Å². The van der Waals surface area contributed by atoms with Crippen molar-refractivity contribution in [1.82, 2.24) is 14.7 Å². The van der Waals surface area contributed by atoms with E-state index in [4.69, 9.17) is 0 Å². The average molecular weight is 335 g/mol. The maximum atomic E-state index is 12.2. The van der Waals surface area contributed by atoms with Gasteiger partial charge in [0.05, 0.1) is 0 Å². The Hall–Kier alpha value is -1.10. The first-order valence-electron chi connectivity index (χ1n) is 9.89. The zero-order chi connectivity index (χ0) is 17.1. The number of carbonyl (C=O) groups excluding carboxylic acids is 2. The summed E-state index contributed by atoms with van der Waals surface area (Å²) in [6, 6.07) is 1.01. The number of piperidine rings is 1. The summed E-state index contributed by atoms with van der Waals surface area (Å²) in [6.07, 6.45) is 7.74. The summed E-state index contributed by atoms with van der Waals surface area (Å²) in [4.78, 5) is 30.5. The molecule has 5 heteroatoms. The predicted octanol–water partition coefficient (Wildman–Crippen LogP) is 2.11. The molecular formula is C19H33N3O2. The summed E-state index contributed by atoms with van der Waals surface area (Å²) in [5, 5.41) is 0. The lowest BCUT2D eigenvalue weighted by atomic mass is 9.95. The Bertz CT molecular complexity index is 460. The minimum absolute atomic E-state index is 0.215. The minimum atomic E-state index is 0.215. The van der Waals surface area contributed by atoms with E-state index >= 15 is 0 Å². The highest BCUT2D eigenvalue weighted by molar-refractivity contribution is 5.76. The van der Waals surface area contributed by atoms with Crippen molar-refractivity contribution < 1.29 is 9.59 Å². The van der Waals surface area contributed by atoms with Crippen LogP contribution < -0.4 is 0 Å². The molecule has 2 atom stereocenters. The lowest BCUT2D eigenvalue weighted by Gasteiger charge is -2.38. The lowest BCUT2D eigenvalue weighted by molar-refractivity contribution is -0.132. The Morgan fingerprint density at radius 3 is 2.25 bits per heavy atom. The molecule has 3 saturated heterocycles. The largest absolute Gasteiger partial charge is 0.343 e. The van der Waals surface area contributed by atoms with Crippen molar-refractivity contribution >= 4 is 11.8 Å². The van der Waals surface area contributed by atoms with Gasteiger partial charge in [-0.25, -0.2) is 0 Å². The number of carbonyl (C=O) groups is 2. The summed E-state index contributed by atoms with van der Waals surface area (Å²) >= 11 is 0. The third-order valence-electron chi connectivity index (χ3n) is 6.33. The van der Waals surface area contributed by atoms with Crippen LogP contribution in [0.5, 0.6) is 0 Å². The molecule has 136 valence electrons. The average Bonchev–Trinajstić information content (AvgIpc) is 3.23. The first-order chi connectivity index (χ1) is 11.6. The second kappa shape index (κ2) is 7.85. The van der Waals surface area contributed by atoms with Gasteiger partial charge in [-0.3, -0.25) is 14.5 Å². The van der Waals surface area contributed by atoms with E-state index in [1.807, 2.05) is 11.8 Å². The molecule has 3 fully saturated rings. The van der Waals surface area contributed by atoms with Crippen molar-refractivity contribution in [3.05, 3.63) is 0 Å². The molecular weight excluding hydrogens is 302 g/mol. The number of hydrogen-bond donors (Lipinski definition) is 0. The molecule has 0 aromatic heterocycles. The Labute approximate surface area is 146 Å². The second-order valence-corrected chi connectivity index (χ2v) is 7.80. The van der Waals surface area contributed by atoms with Crippen LogP contribution in [0.1, 0.15) is 58.8 Å². The van der Waals surface area contributed by atoms with Crippen molar-refractivity contribution in [1.29, 1.82) is 0 Å². The van der Waals surface area contributed by atoms with Crippen molar-refractivity contribution in [3.63, 3.8) is 0 Å². The number of rotatable bonds is 4. The molecule has 5 nitrogen and oxygen atoms in total. The van der Waals surface area contributed by atoms with E-state index in [1.54, 1.807) is 6.92 Å². The molecule has 24 heavy (non-hydrogen) atoms. The van der Waals surface area contributed by atoms with E-state index in [1.165, 1.54) is 25.8 Å². The van der Waals surface area contributed by atoms with E-state index in [2.05, 4.69) is 9.80 Å². The summed E-state index contributed by atoms with van der Waals surface area (Å²) in [5.41, 5.74) is 0. The maximum absolute atomic E-state index is 12.2. The predicted molar refractivity (Wildman–Crippen MR) is 94.6 cm³/mol. The van der Waals surface area contributed by atoms with Crippen LogP contribution in [0.25, 0.3) is 0 Å². The topological polar surface area (TPSA) is 43.9 Å². The van der Waals surface area contributed by atoms with Crippen molar-refractivity contribution in [3.8, 4) is 0 Å². The van der Waals surface area contributed by atoms with Gasteiger partial charge >= 0.3 is 0 Å². The highest BCUT2D eigenvalue weighted by Gasteiger charge is 2.39. The normalized spacial score (nSPS) is 29.4. The molecule has 3 aliphatic heterocycles. The van der Waals surface area contributed by atoms with Crippen LogP contribution in [0.4, 0.5) is 0 Å². The summed E-state index contributed by atoms with van der Waals surface area (Å²) in [5.74, 6) is 1.25. The zero-order valence-corrected chi connectivity index (χ0v) is 15.4. The second-order valence-electron chi connectivity index (χ2n) is 7.80. The highest BCUT2D eigenvalue weighted by Crippen LogP contribution is 2.32. The van der Waals surface area contributed by atoms with E-state index in [-0.39, 0.29) is 5.91 Å². The molecule has 0 aromatic rings. The molecule has 2 unspecified atom stereocenters. The molecule has 0 N–H and O–H groups in total. The Balaban J connectivity index is 1.56. The summed E-state index contributed by atoms with van der Waals surface area (Å²) in [7, 11) is 0. The maximum Gasteiger partial charge on any atom is 0.222 e. The van der Waals surface area contributed by atoms with Crippen LogP contribution in [0.2, 0.25) is 0 Å². The molecule has 3 aliphatic rings.